The number of nitrogens with zero attached hydrogens (tertiary/aromatic N) is 2. The number of nitrogens with two attached hydrogens (primary N) is 1. The van der Waals surface area contributed by atoms with Gasteiger partial charge in [-0.25, -0.2) is 0 Å². The van der Waals surface area contributed by atoms with Crippen molar-refractivity contribution >= 4 is 11.8 Å². The molecule has 2 amide bonds. The molecule has 5 atom stereocenters. The molecule has 1 aliphatic carbocycles. The molecular formula is C28H44N4O3. The van der Waals surface area contributed by atoms with E-state index >= 15 is 0 Å². The average molecular weight is 485 g/mol. The van der Waals surface area contributed by atoms with E-state index in [1.54, 1.807) is 11.8 Å². The highest BCUT2D eigenvalue weighted by Crippen LogP contribution is 2.29. The Balaban J connectivity index is 1.41. The number of benzene rings is 1. The molecule has 3 N–H and O–H groups in total. The zero-order valence-electron chi connectivity index (χ0n) is 21.6. The Kier molecular flexibility index (Phi) is 9.20. The fraction of sp³-hybridized carbons (Fsp3) is 0.714. The molecule has 5 unspecified atom stereocenters. The van der Waals surface area contributed by atoms with E-state index in [1.165, 1.54) is 24.0 Å². The standard InChI is InChI=1S/C28H44N4O3/c1-20-8-10-22(11-9-20)17-31(19-26-7-4-12-35-26)25-14-27(32(18-25)21(2)33)28(34)30-16-24-6-3-5-23(13-24)15-29/h8-11,23-27H,3-7,12-19,29H2,1-2H3,(H,30,34). The zero-order valence-corrected chi connectivity index (χ0v) is 21.6. The van der Waals surface area contributed by atoms with Gasteiger partial charge >= 0.3 is 0 Å². The van der Waals surface area contributed by atoms with Crippen LogP contribution in [0.3, 0.4) is 0 Å². The second kappa shape index (κ2) is 12.3. The lowest BCUT2D eigenvalue weighted by molar-refractivity contribution is -0.137. The number of hydrogen-bond acceptors (Lipinski definition) is 5. The molecule has 35 heavy (non-hydrogen) atoms. The van der Waals surface area contributed by atoms with E-state index in [1.807, 2.05) is 0 Å². The van der Waals surface area contributed by atoms with E-state index in [0.717, 1.165) is 51.9 Å². The van der Waals surface area contributed by atoms with Crippen LogP contribution in [0.1, 0.15) is 63.0 Å². The lowest BCUT2D eigenvalue weighted by atomic mass is 9.81. The summed E-state index contributed by atoms with van der Waals surface area (Å²) in [6, 6.07) is 8.38. The highest BCUT2D eigenvalue weighted by molar-refractivity contribution is 5.87. The summed E-state index contributed by atoms with van der Waals surface area (Å²) < 4.78 is 5.96. The fourth-order valence-corrected chi connectivity index (χ4v) is 6.16. The van der Waals surface area contributed by atoms with Crippen LogP contribution in [0, 0.1) is 18.8 Å². The van der Waals surface area contributed by atoms with Crippen molar-refractivity contribution in [3.63, 3.8) is 0 Å². The first kappa shape index (κ1) is 26.1. The molecule has 194 valence electrons. The van der Waals surface area contributed by atoms with Crippen molar-refractivity contribution in [3.05, 3.63) is 35.4 Å². The number of rotatable bonds is 9. The van der Waals surface area contributed by atoms with Crippen LogP contribution in [0.4, 0.5) is 0 Å². The minimum atomic E-state index is -0.406. The topological polar surface area (TPSA) is 87.9 Å². The molecule has 3 aliphatic rings. The summed E-state index contributed by atoms with van der Waals surface area (Å²) >= 11 is 0. The summed E-state index contributed by atoms with van der Waals surface area (Å²) in [4.78, 5) is 30.1. The van der Waals surface area contributed by atoms with Crippen molar-refractivity contribution < 1.29 is 14.3 Å². The molecule has 4 rings (SSSR count). The first-order valence-electron chi connectivity index (χ1n) is 13.6. The number of carbonyl (C=O) groups excluding carboxylic acids is 2. The number of likely N-dealkylation sites (tertiary alicyclic amines) is 1. The maximum Gasteiger partial charge on any atom is 0.242 e. The second-order valence-corrected chi connectivity index (χ2v) is 11.0. The van der Waals surface area contributed by atoms with Gasteiger partial charge in [-0.2, -0.15) is 0 Å². The Morgan fingerprint density at radius 1 is 1.11 bits per heavy atom. The molecule has 2 saturated heterocycles. The van der Waals surface area contributed by atoms with Gasteiger partial charge in [-0.05, 0) is 69.4 Å². The minimum Gasteiger partial charge on any atom is -0.377 e. The quantitative estimate of drug-likeness (QED) is 0.563. The molecule has 1 saturated carbocycles. The van der Waals surface area contributed by atoms with Crippen LogP contribution in [0.15, 0.2) is 24.3 Å². The number of hydrogen-bond donors (Lipinski definition) is 2. The SMILES string of the molecule is CC(=O)N1CC(N(Cc2ccc(C)cc2)CC2CCCO2)CC1C(=O)NCC1CCCC(CN)C1. The summed E-state index contributed by atoms with van der Waals surface area (Å²) in [7, 11) is 0. The third-order valence-electron chi connectivity index (χ3n) is 8.26. The van der Waals surface area contributed by atoms with Gasteiger partial charge in [-0.1, -0.05) is 36.2 Å². The number of nitrogens with one attached hydrogen (secondary N) is 1. The van der Waals surface area contributed by atoms with Gasteiger partial charge in [0.1, 0.15) is 6.04 Å². The fourth-order valence-electron chi connectivity index (χ4n) is 6.16. The van der Waals surface area contributed by atoms with Crippen molar-refractivity contribution in [1.82, 2.24) is 15.1 Å². The molecule has 2 heterocycles. The van der Waals surface area contributed by atoms with Gasteiger partial charge in [0, 0.05) is 45.8 Å². The van der Waals surface area contributed by atoms with E-state index in [4.69, 9.17) is 10.5 Å². The normalized spacial score (nSPS) is 29.0. The van der Waals surface area contributed by atoms with Crippen molar-refractivity contribution in [1.29, 1.82) is 0 Å². The summed E-state index contributed by atoms with van der Waals surface area (Å²) in [6.07, 6.45) is 7.68. The smallest absolute Gasteiger partial charge is 0.242 e. The summed E-state index contributed by atoms with van der Waals surface area (Å²) in [6.45, 7) is 8.14. The Morgan fingerprint density at radius 2 is 1.89 bits per heavy atom. The highest BCUT2D eigenvalue weighted by atomic mass is 16.5. The summed E-state index contributed by atoms with van der Waals surface area (Å²) in [5.74, 6) is 1.02. The number of carbonyl (C=O) groups is 2. The number of amides is 2. The van der Waals surface area contributed by atoms with E-state index in [-0.39, 0.29) is 24.0 Å². The zero-order chi connectivity index (χ0) is 24.8. The molecule has 1 aromatic carbocycles. The maximum absolute atomic E-state index is 13.3. The van der Waals surface area contributed by atoms with E-state index in [2.05, 4.69) is 41.4 Å². The molecule has 0 aromatic heterocycles. The largest absolute Gasteiger partial charge is 0.377 e. The molecule has 7 heteroatoms. The lowest BCUT2D eigenvalue weighted by Crippen LogP contribution is -2.46. The molecule has 0 spiro atoms. The van der Waals surface area contributed by atoms with Crippen LogP contribution in [0.25, 0.3) is 0 Å². The molecule has 7 nitrogen and oxygen atoms in total. The average Bonchev–Trinajstić information content (AvgIpc) is 3.54. The van der Waals surface area contributed by atoms with Gasteiger partial charge in [0.15, 0.2) is 0 Å². The van der Waals surface area contributed by atoms with Gasteiger partial charge in [-0.15, -0.1) is 0 Å². The minimum absolute atomic E-state index is 0.00928. The first-order valence-corrected chi connectivity index (χ1v) is 13.6. The van der Waals surface area contributed by atoms with Crippen molar-refractivity contribution in [2.75, 3.05) is 32.8 Å². The monoisotopic (exact) mass is 484 g/mol. The van der Waals surface area contributed by atoms with Crippen LogP contribution in [-0.4, -0.2) is 72.6 Å². The molecular weight excluding hydrogens is 440 g/mol. The van der Waals surface area contributed by atoms with Crippen molar-refractivity contribution in [3.8, 4) is 0 Å². The maximum atomic E-state index is 13.3. The third kappa shape index (κ3) is 7.05. The van der Waals surface area contributed by atoms with E-state index in [9.17, 15) is 9.59 Å². The lowest BCUT2D eigenvalue weighted by Gasteiger charge is -2.31. The van der Waals surface area contributed by atoms with Crippen LogP contribution >= 0.6 is 0 Å². The molecule has 2 aliphatic heterocycles. The van der Waals surface area contributed by atoms with Gasteiger partial charge in [0.25, 0.3) is 0 Å². The third-order valence-corrected chi connectivity index (χ3v) is 8.26. The molecule has 0 radical (unpaired) electrons. The Bertz CT molecular complexity index is 839. The van der Waals surface area contributed by atoms with Crippen molar-refractivity contribution in [2.24, 2.45) is 17.6 Å². The Hall–Kier alpha value is -1.96. The predicted octanol–water partition coefficient (Wildman–Crippen LogP) is 2.85. The summed E-state index contributed by atoms with van der Waals surface area (Å²) in [5.41, 5.74) is 8.39. The van der Waals surface area contributed by atoms with Gasteiger partial charge in [-0.3, -0.25) is 14.5 Å². The van der Waals surface area contributed by atoms with Gasteiger partial charge in [0.05, 0.1) is 6.10 Å². The highest BCUT2D eigenvalue weighted by Gasteiger charge is 2.41. The predicted molar refractivity (Wildman–Crippen MR) is 138 cm³/mol. The van der Waals surface area contributed by atoms with E-state index in [0.29, 0.717) is 31.3 Å². The second-order valence-electron chi connectivity index (χ2n) is 11.0. The van der Waals surface area contributed by atoms with Crippen LogP contribution in [-0.2, 0) is 20.9 Å². The van der Waals surface area contributed by atoms with Gasteiger partial charge in [0.2, 0.25) is 11.8 Å². The molecule has 1 aromatic rings. The van der Waals surface area contributed by atoms with Crippen LogP contribution in [0.5, 0.6) is 0 Å². The number of aryl methyl sites for hydroxylation is 1. The number of ether oxygens (including phenoxy) is 1. The molecule has 3 fully saturated rings. The first-order chi connectivity index (χ1) is 16.9. The van der Waals surface area contributed by atoms with Gasteiger partial charge < -0.3 is 20.7 Å². The Morgan fingerprint density at radius 3 is 2.57 bits per heavy atom. The Labute approximate surface area is 210 Å². The van der Waals surface area contributed by atoms with Crippen molar-refractivity contribution in [2.45, 2.75) is 83.5 Å². The molecule has 0 bridgehead atoms. The van der Waals surface area contributed by atoms with E-state index < -0.39 is 6.04 Å². The summed E-state index contributed by atoms with van der Waals surface area (Å²) in [5, 5.41) is 3.20. The van der Waals surface area contributed by atoms with Crippen LogP contribution in [0.2, 0.25) is 0 Å². The van der Waals surface area contributed by atoms with Crippen LogP contribution < -0.4 is 11.1 Å².